The maximum atomic E-state index is 13.6. The predicted octanol–water partition coefficient (Wildman–Crippen LogP) is 5.79. The Kier molecular flexibility index (Phi) is 10.6. The summed E-state index contributed by atoms with van der Waals surface area (Å²) in [5, 5.41) is 8.69. The highest BCUT2D eigenvalue weighted by molar-refractivity contribution is 8.26. The summed E-state index contributed by atoms with van der Waals surface area (Å²) in [6.45, 7) is 4.22. The topological polar surface area (TPSA) is 95.2 Å². The van der Waals surface area contributed by atoms with Crippen LogP contribution in [0, 0.1) is 6.92 Å². The van der Waals surface area contributed by atoms with Gasteiger partial charge >= 0.3 is 5.97 Å². The molecule has 0 spiro atoms. The van der Waals surface area contributed by atoms with Crippen LogP contribution in [-0.2, 0) is 9.59 Å². The first-order chi connectivity index (χ1) is 18.9. The van der Waals surface area contributed by atoms with Gasteiger partial charge in [-0.25, -0.2) is 4.98 Å². The van der Waals surface area contributed by atoms with Crippen molar-refractivity contribution in [3.8, 4) is 0 Å². The molecule has 2 aliphatic rings. The van der Waals surface area contributed by atoms with Crippen molar-refractivity contribution in [2.45, 2.75) is 84.0 Å². The van der Waals surface area contributed by atoms with Crippen LogP contribution in [0.4, 0.5) is 5.82 Å². The number of carbonyl (C=O) groups excluding carboxylic acids is 1. The highest BCUT2D eigenvalue weighted by Crippen LogP contribution is 2.34. The molecule has 210 valence electrons. The Labute approximate surface area is 239 Å². The normalized spacial score (nSPS) is 17.1. The average molecular weight is 571 g/mol. The molecule has 39 heavy (non-hydrogen) atoms. The van der Waals surface area contributed by atoms with Crippen LogP contribution in [0.25, 0.3) is 11.7 Å². The monoisotopic (exact) mass is 570 g/mol. The summed E-state index contributed by atoms with van der Waals surface area (Å²) in [4.78, 5) is 46.8. The lowest BCUT2D eigenvalue weighted by molar-refractivity contribution is -0.137. The van der Waals surface area contributed by atoms with Crippen LogP contribution >= 0.6 is 24.0 Å². The SMILES string of the molecule is Cc1cccn2c(=O)c(/C=C3/SC(=S)N(CCCCCCCCCCC(=O)O)C3=O)c(N3CCCCC3)nc12. The van der Waals surface area contributed by atoms with Crippen molar-refractivity contribution < 1.29 is 14.7 Å². The van der Waals surface area contributed by atoms with Gasteiger partial charge in [0.25, 0.3) is 11.5 Å². The first kappa shape index (κ1) is 29.3. The molecule has 1 N–H and O–H groups in total. The number of carboxylic acid groups (broad SMARTS) is 1. The Hall–Kier alpha value is -2.72. The highest BCUT2D eigenvalue weighted by Gasteiger charge is 2.32. The molecule has 10 heteroatoms. The van der Waals surface area contributed by atoms with Crippen molar-refractivity contribution in [2.75, 3.05) is 24.5 Å². The molecule has 2 aromatic heterocycles. The third kappa shape index (κ3) is 7.48. The first-order valence-electron chi connectivity index (χ1n) is 14.1. The van der Waals surface area contributed by atoms with Crippen molar-refractivity contribution in [3.05, 3.63) is 44.7 Å². The van der Waals surface area contributed by atoms with E-state index < -0.39 is 5.97 Å². The Balaban J connectivity index is 1.40. The molecular formula is C29H38N4O4S2. The molecule has 4 rings (SSSR count). The smallest absolute Gasteiger partial charge is 0.303 e. The molecule has 1 amide bonds. The minimum Gasteiger partial charge on any atom is -0.481 e. The lowest BCUT2D eigenvalue weighted by Crippen LogP contribution is -2.34. The van der Waals surface area contributed by atoms with Crippen LogP contribution in [0.1, 0.15) is 88.2 Å². The number of anilines is 1. The van der Waals surface area contributed by atoms with Crippen LogP contribution in [0.15, 0.2) is 28.0 Å². The molecule has 0 unspecified atom stereocenters. The average Bonchev–Trinajstić information content (AvgIpc) is 3.19. The van der Waals surface area contributed by atoms with Gasteiger partial charge in [0.15, 0.2) is 0 Å². The maximum absolute atomic E-state index is 13.6. The van der Waals surface area contributed by atoms with E-state index in [9.17, 15) is 14.4 Å². The van der Waals surface area contributed by atoms with Crippen molar-refractivity contribution in [1.29, 1.82) is 0 Å². The highest BCUT2D eigenvalue weighted by atomic mass is 32.2. The number of amides is 1. The number of hydrogen-bond acceptors (Lipinski definition) is 7. The standard InChI is InChI=1S/C29H38N4O4S2/c1-21-14-13-19-32-25(21)30-26(31-16-10-8-11-17-31)22(27(32)36)20-23-28(37)33(29(38)39-23)18-12-7-5-3-2-4-6-9-15-24(34)35/h13-14,19-20H,2-12,15-18H2,1H3,(H,34,35)/b23-20+. The van der Waals surface area contributed by atoms with Gasteiger partial charge in [-0.05, 0) is 56.7 Å². The molecule has 2 aliphatic heterocycles. The van der Waals surface area contributed by atoms with Gasteiger partial charge < -0.3 is 10.0 Å². The van der Waals surface area contributed by atoms with Crippen molar-refractivity contribution >= 4 is 57.7 Å². The van der Waals surface area contributed by atoms with E-state index in [4.69, 9.17) is 22.3 Å². The molecule has 2 fully saturated rings. The molecular weight excluding hydrogens is 532 g/mol. The molecule has 2 saturated heterocycles. The van der Waals surface area contributed by atoms with E-state index in [1.807, 2.05) is 19.1 Å². The number of unbranched alkanes of at least 4 members (excludes halogenated alkanes) is 7. The number of aryl methyl sites for hydroxylation is 1. The summed E-state index contributed by atoms with van der Waals surface area (Å²) in [7, 11) is 0. The number of aromatic nitrogens is 2. The van der Waals surface area contributed by atoms with Gasteiger partial charge in [-0.15, -0.1) is 0 Å². The van der Waals surface area contributed by atoms with Gasteiger partial charge in [0.1, 0.15) is 15.8 Å². The number of thioether (sulfide) groups is 1. The van der Waals surface area contributed by atoms with Crippen LogP contribution in [-0.4, -0.2) is 55.2 Å². The van der Waals surface area contributed by atoms with Crippen LogP contribution in [0.3, 0.4) is 0 Å². The van der Waals surface area contributed by atoms with Gasteiger partial charge in [0.2, 0.25) is 0 Å². The zero-order chi connectivity index (χ0) is 27.8. The van der Waals surface area contributed by atoms with Crippen molar-refractivity contribution in [2.24, 2.45) is 0 Å². The predicted molar refractivity (Wildman–Crippen MR) is 161 cm³/mol. The largest absolute Gasteiger partial charge is 0.481 e. The van der Waals surface area contributed by atoms with Gasteiger partial charge in [-0.3, -0.25) is 23.7 Å². The molecule has 2 aromatic rings. The number of thiocarbonyl (C=S) groups is 1. The van der Waals surface area contributed by atoms with Crippen LogP contribution in [0.5, 0.6) is 0 Å². The number of pyridine rings is 1. The van der Waals surface area contributed by atoms with E-state index in [0.717, 1.165) is 82.9 Å². The summed E-state index contributed by atoms with van der Waals surface area (Å²) < 4.78 is 2.11. The van der Waals surface area contributed by atoms with E-state index in [1.54, 1.807) is 21.6 Å². The van der Waals surface area contributed by atoms with Crippen molar-refractivity contribution in [1.82, 2.24) is 14.3 Å². The third-order valence-corrected chi connectivity index (χ3v) is 8.77. The molecule has 4 heterocycles. The number of aliphatic carboxylic acids is 1. The van der Waals surface area contributed by atoms with Gasteiger partial charge in [-0.1, -0.05) is 68.6 Å². The summed E-state index contributed by atoms with van der Waals surface area (Å²) >= 11 is 6.81. The number of hydrogen-bond donors (Lipinski definition) is 1. The number of fused-ring (bicyclic) bond motifs is 1. The van der Waals surface area contributed by atoms with Crippen LogP contribution in [0.2, 0.25) is 0 Å². The number of carboxylic acids is 1. The summed E-state index contributed by atoms with van der Waals surface area (Å²) in [6.07, 6.45) is 14.9. The Morgan fingerprint density at radius 1 is 1.05 bits per heavy atom. The first-order valence-corrected chi connectivity index (χ1v) is 15.3. The quantitative estimate of drug-likeness (QED) is 0.184. The second-order valence-electron chi connectivity index (χ2n) is 10.4. The Bertz CT molecular complexity index is 1300. The number of carbonyl (C=O) groups is 2. The summed E-state index contributed by atoms with van der Waals surface area (Å²) in [5.74, 6) is -0.205. The minimum absolute atomic E-state index is 0.137. The molecule has 0 saturated carbocycles. The van der Waals surface area contributed by atoms with Gasteiger partial charge in [0.05, 0.1) is 10.5 Å². The molecule has 0 atom stereocenters. The fourth-order valence-electron chi connectivity index (χ4n) is 5.20. The lowest BCUT2D eigenvalue weighted by atomic mass is 10.1. The maximum Gasteiger partial charge on any atom is 0.303 e. The van der Waals surface area contributed by atoms with E-state index in [-0.39, 0.29) is 17.9 Å². The van der Waals surface area contributed by atoms with E-state index >= 15 is 0 Å². The minimum atomic E-state index is -0.723. The molecule has 8 nitrogen and oxygen atoms in total. The molecule has 0 aromatic carbocycles. The molecule has 0 bridgehead atoms. The van der Waals surface area contributed by atoms with E-state index in [0.29, 0.717) is 32.8 Å². The summed E-state index contributed by atoms with van der Waals surface area (Å²) in [5.41, 5.74) is 1.86. The lowest BCUT2D eigenvalue weighted by Gasteiger charge is -2.29. The number of nitrogens with zero attached hydrogens (tertiary/aromatic N) is 4. The van der Waals surface area contributed by atoms with Crippen LogP contribution < -0.4 is 10.5 Å². The Morgan fingerprint density at radius 2 is 1.72 bits per heavy atom. The van der Waals surface area contributed by atoms with E-state index in [2.05, 4.69) is 4.90 Å². The zero-order valence-electron chi connectivity index (χ0n) is 22.7. The molecule has 0 radical (unpaired) electrons. The Morgan fingerprint density at radius 3 is 2.41 bits per heavy atom. The second kappa shape index (κ2) is 14.1. The number of piperidine rings is 1. The van der Waals surface area contributed by atoms with Gasteiger partial charge in [0, 0.05) is 32.3 Å². The third-order valence-electron chi connectivity index (χ3n) is 7.39. The number of rotatable bonds is 13. The second-order valence-corrected chi connectivity index (χ2v) is 12.1. The van der Waals surface area contributed by atoms with Crippen molar-refractivity contribution in [3.63, 3.8) is 0 Å². The van der Waals surface area contributed by atoms with Gasteiger partial charge in [-0.2, -0.15) is 0 Å². The van der Waals surface area contributed by atoms with E-state index in [1.165, 1.54) is 18.2 Å². The zero-order valence-corrected chi connectivity index (χ0v) is 24.3. The fraction of sp³-hybridized carbons (Fsp3) is 0.552. The summed E-state index contributed by atoms with van der Waals surface area (Å²) in [6, 6.07) is 3.80. The fourth-order valence-corrected chi connectivity index (χ4v) is 6.49. The molecule has 0 aliphatic carbocycles.